The van der Waals surface area contributed by atoms with Gasteiger partial charge in [0.1, 0.15) is 0 Å². The summed E-state index contributed by atoms with van der Waals surface area (Å²) >= 11 is 5.81. The van der Waals surface area contributed by atoms with Crippen LogP contribution in [0.2, 0.25) is 0 Å². The topological polar surface area (TPSA) is 49.8 Å². The lowest BCUT2D eigenvalue weighted by Gasteiger charge is -2.20. The molecular formula is C22H25N5S. The molecule has 1 unspecified atom stereocenters. The molecule has 0 spiro atoms. The molecule has 0 N–H and O–H groups in total. The zero-order valence-electron chi connectivity index (χ0n) is 16.5. The maximum absolute atomic E-state index is 9.14. The molecule has 0 aliphatic rings. The molecule has 3 aromatic rings. The number of aryl methyl sites for hydroxylation is 1. The second-order valence-electron chi connectivity index (χ2n) is 6.98. The molecule has 0 saturated carbocycles. The molecule has 2 aromatic carbocycles. The SMILES string of the molecule is CCN(CC(C)C#N)Cn1nc(-c2ccccc2)n(-c2ccc(C)cc2)c1=S. The summed E-state index contributed by atoms with van der Waals surface area (Å²) < 4.78 is 4.52. The number of nitriles is 1. The molecule has 0 radical (unpaired) electrons. The molecule has 0 saturated heterocycles. The van der Waals surface area contributed by atoms with E-state index in [-0.39, 0.29) is 5.92 Å². The summed E-state index contributed by atoms with van der Waals surface area (Å²) in [5.41, 5.74) is 3.21. The predicted octanol–water partition coefficient (Wildman–Crippen LogP) is 4.82. The van der Waals surface area contributed by atoms with E-state index in [0.29, 0.717) is 18.0 Å². The van der Waals surface area contributed by atoms with E-state index in [1.165, 1.54) is 5.56 Å². The molecule has 0 bridgehead atoms. The van der Waals surface area contributed by atoms with Crippen LogP contribution < -0.4 is 0 Å². The third kappa shape index (κ3) is 4.38. The van der Waals surface area contributed by atoms with Gasteiger partial charge in [0.2, 0.25) is 4.77 Å². The number of hydrogen-bond acceptors (Lipinski definition) is 4. The third-order valence-corrected chi connectivity index (χ3v) is 5.09. The van der Waals surface area contributed by atoms with Crippen LogP contribution in [0.4, 0.5) is 0 Å². The third-order valence-electron chi connectivity index (χ3n) is 4.70. The summed E-state index contributed by atoms with van der Waals surface area (Å²) in [6.07, 6.45) is 0. The molecule has 0 fully saturated rings. The highest BCUT2D eigenvalue weighted by atomic mass is 32.1. The average molecular weight is 392 g/mol. The van der Waals surface area contributed by atoms with Crippen LogP contribution in [0.25, 0.3) is 17.1 Å². The maximum Gasteiger partial charge on any atom is 0.204 e. The van der Waals surface area contributed by atoms with Gasteiger partial charge in [-0.2, -0.15) is 5.26 Å². The Hall–Kier alpha value is -2.75. The van der Waals surface area contributed by atoms with Crippen molar-refractivity contribution in [1.82, 2.24) is 19.2 Å². The van der Waals surface area contributed by atoms with Crippen molar-refractivity contribution in [3.8, 4) is 23.1 Å². The average Bonchev–Trinajstić information content (AvgIpc) is 3.04. The molecule has 1 heterocycles. The van der Waals surface area contributed by atoms with Gasteiger partial charge in [-0.15, -0.1) is 5.10 Å². The molecular weight excluding hydrogens is 366 g/mol. The maximum atomic E-state index is 9.14. The number of nitrogens with zero attached hydrogens (tertiary/aromatic N) is 5. The summed E-state index contributed by atoms with van der Waals surface area (Å²) in [5, 5.41) is 14.0. The Morgan fingerprint density at radius 1 is 1.14 bits per heavy atom. The van der Waals surface area contributed by atoms with E-state index < -0.39 is 0 Å². The highest BCUT2D eigenvalue weighted by Crippen LogP contribution is 2.23. The summed E-state index contributed by atoms with van der Waals surface area (Å²) in [6.45, 7) is 8.16. The lowest BCUT2D eigenvalue weighted by Crippen LogP contribution is -2.30. The second kappa shape index (κ2) is 8.96. The van der Waals surface area contributed by atoms with E-state index in [2.05, 4.69) is 49.1 Å². The van der Waals surface area contributed by atoms with E-state index in [1.807, 2.05) is 46.5 Å². The van der Waals surface area contributed by atoms with Crippen molar-refractivity contribution < 1.29 is 0 Å². The van der Waals surface area contributed by atoms with Gasteiger partial charge in [0.25, 0.3) is 0 Å². The van der Waals surface area contributed by atoms with E-state index in [4.69, 9.17) is 22.6 Å². The van der Waals surface area contributed by atoms with Crippen LogP contribution >= 0.6 is 12.2 Å². The molecule has 144 valence electrons. The van der Waals surface area contributed by atoms with Gasteiger partial charge in [-0.1, -0.05) is 55.0 Å². The van der Waals surface area contributed by atoms with Crippen LogP contribution in [0.5, 0.6) is 0 Å². The summed E-state index contributed by atoms with van der Waals surface area (Å²) in [5.74, 6) is 0.778. The van der Waals surface area contributed by atoms with Crippen molar-refractivity contribution in [3.63, 3.8) is 0 Å². The summed E-state index contributed by atoms with van der Waals surface area (Å²) in [7, 11) is 0. The van der Waals surface area contributed by atoms with Crippen LogP contribution in [-0.4, -0.2) is 32.3 Å². The molecule has 28 heavy (non-hydrogen) atoms. The highest BCUT2D eigenvalue weighted by molar-refractivity contribution is 7.71. The smallest absolute Gasteiger partial charge is 0.204 e. The summed E-state index contributed by atoms with van der Waals surface area (Å²) in [6, 6.07) is 20.7. The van der Waals surface area contributed by atoms with Crippen LogP contribution in [0, 0.1) is 28.9 Å². The highest BCUT2D eigenvalue weighted by Gasteiger charge is 2.17. The molecule has 1 aromatic heterocycles. The lowest BCUT2D eigenvalue weighted by molar-refractivity contribution is 0.202. The molecule has 0 amide bonds. The van der Waals surface area contributed by atoms with Gasteiger partial charge in [-0.05, 0) is 44.7 Å². The Bertz CT molecular complexity index is 1010. The van der Waals surface area contributed by atoms with Crippen molar-refractivity contribution in [2.24, 2.45) is 5.92 Å². The fourth-order valence-corrected chi connectivity index (χ4v) is 3.40. The zero-order chi connectivity index (χ0) is 20.1. The van der Waals surface area contributed by atoms with Crippen LogP contribution in [-0.2, 0) is 6.67 Å². The normalized spacial score (nSPS) is 12.1. The van der Waals surface area contributed by atoms with Gasteiger partial charge < -0.3 is 0 Å². The second-order valence-corrected chi connectivity index (χ2v) is 7.35. The molecule has 0 aliphatic heterocycles. The fourth-order valence-electron chi connectivity index (χ4n) is 3.10. The number of rotatable bonds is 7. The Labute approximate surface area is 171 Å². The summed E-state index contributed by atoms with van der Waals surface area (Å²) in [4.78, 5) is 2.19. The van der Waals surface area contributed by atoms with Gasteiger partial charge in [0.15, 0.2) is 5.82 Å². The van der Waals surface area contributed by atoms with E-state index >= 15 is 0 Å². The minimum atomic E-state index is -0.0399. The predicted molar refractivity (Wildman–Crippen MR) is 115 cm³/mol. The number of aromatic nitrogens is 3. The minimum absolute atomic E-state index is 0.0399. The molecule has 6 heteroatoms. The van der Waals surface area contributed by atoms with Crippen molar-refractivity contribution in [3.05, 3.63) is 64.9 Å². The quantitative estimate of drug-likeness (QED) is 0.542. The molecule has 5 nitrogen and oxygen atoms in total. The van der Waals surface area contributed by atoms with Crippen molar-refractivity contribution in [2.75, 3.05) is 13.1 Å². The van der Waals surface area contributed by atoms with Crippen molar-refractivity contribution in [1.29, 1.82) is 5.26 Å². The molecule has 3 rings (SSSR count). The van der Waals surface area contributed by atoms with Crippen molar-refractivity contribution in [2.45, 2.75) is 27.4 Å². The largest absolute Gasteiger partial charge is 0.283 e. The van der Waals surface area contributed by atoms with Gasteiger partial charge >= 0.3 is 0 Å². The Morgan fingerprint density at radius 2 is 1.82 bits per heavy atom. The Balaban J connectivity index is 2.07. The first kappa shape index (κ1) is 20.0. The van der Waals surface area contributed by atoms with Gasteiger partial charge in [-0.25, -0.2) is 4.68 Å². The number of hydrogen-bond donors (Lipinski definition) is 0. The van der Waals surface area contributed by atoms with E-state index in [0.717, 1.165) is 23.6 Å². The zero-order valence-corrected chi connectivity index (χ0v) is 17.4. The first-order chi connectivity index (χ1) is 13.5. The van der Waals surface area contributed by atoms with Gasteiger partial charge in [0, 0.05) is 17.8 Å². The van der Waals surface area contributed by atoms with Crippen LogP contribution in [0.3, 0.4) is 0 Å². The van der Waals surface area contributed by atoms with Crippen molar-refractivity contribution >= 4 is 12.2 Å². The van der Waals surface area contributed by atoms with E-state index in [1.54, 1.807) is 0 Å². The molecule has 1 atom stereocenters. The van der Waals surface area contributed by atoms with Gasteiger partial charge in [0.05, 0.1) is 18.7 Å². The fraction of sp³-hybridized carbons (Fsp3) is 0.318. The van der Waals surface area contributed by atoms with Gasteiger partial charge in [-0.3, -0.25) is 9.47 Å². The minimum Gasteiger partial charge on any atom is -0.283 e. The van der Waals surface area contributed by atoms with Crippen LogP contribution in [0.15, 0.2) is 54.6 Å². The Kier molecular flexibility index (Phi) is 6.40. The van der Waals surface area contributed by atoms with Crippen LogP contribution in [0.1, 0.15) is 19.4 Å². The standard InChI is InChI=1S/C22H25N5S/c1-4-25(15-18(3)14-23)16-26-22(28)27(20-12-10-17(2)11-13-20)21(24-26)19-8-6-5-7-9-19/h5-13,18H,4,15-16H2,1-3H3. The number of benzene rings is 2. The Morgan fingerprint density at radius 3 is 2.43 bits per heavy atom. The monoisotopic (exact) mass is 391 g/mol. The molecule has 0 aliphatic carbocycles. The first-order valence-electron chi connectivity index (χ1n) is 9.47. The first-order valence-corrected chi connectivity index (χ1v) is 9.88. The van der Waals surface area contributed by atoms with E-state index in [9.17, 15) is 0 Å². The lowest BCUT2D eigenvalue weighted by atomic mass is 10.2.